The largest absolute Gasteiger partial charge is 0.459 e. The van der Waals surface area contributed by atoms with Crippen LogP contribution in [0.5, 0.6) is 0 Å². The van der Waals surface area contributed by atoms with E-state index in [1.165, 1.54) is 0 Å². The Kier molecular flexibility index (Phi) is 2.46. The molecule has 0 spiro atoms. The number of fused-ring (bicyclic) bond motifs is 1. The fourth-order valence-electron chi connectivity index (χ4n) is 2.02. The van der Waals surface area contributed by atoms with Gasteiger partial charge in [0.05, 0.1) is 0 Å². The summed E-state index contributed by atoms with van der Waals surface area (Å²) in [6.45, 7) is 7.46. The van der Waals surface area contributed by atoms with Crippen molar-refractivity contribution >= 4 is 5.97 Å². The molecule has 1 saturated heterocycles. The van der Waals surface area contributed by atoms with Crippen LogP contribution in [0.4, 0.5) is 0 Å². The number of hydrogen-bond donors (Lipinski definition) is 2. The Balaban J connectivity index is 2.03. The highest BCUT2D eigenvalue weighted by molar-refractivity contribution is 5.81. The van der Waals surface area contributed by atoms with Gasteiger partial charge in [-0.05, 0) is 32.5 Å². The number of carbonyl (C=O) groups is 1. The number of esters is 1. The number of hydrogen-bond acceptors (Lipinski definition) is 4. The van der Waals surface area contributed by atoms with E-state index < -0.39 is 5.60 Å². The third-order valence-corrected chi connectivity index (χ3v) is 2.65. The SMILES string of the molecule is CC(C)(C)OC(=O)C1NCC2CNC=C21. The Labute approximate surface area is 90.1 Å². The van der Waals surface area contributed by atoms with Crippen LogP contribution in [0.2, 0.25) is 0 Å². The molecule has 2 atom stereocenters. The molecule has 0 bridgehead atoms. The van der Waals surface area contributed by atoms with E-state index >= 15 is 0 Å². The highest BCUT2D eigenvalue weighted by Gasteiger charge is 2.38. The lowest BCUT2D eigenvalue weighted by Gasteiger charge is -2.22. The highest BCUT2D eigenvalue weighted by Crippen LogP contribution is 2.26. The second-order valence-electron chi connectivity index (χ2n) is 5.12. The summed E-state index contributed by atoms with van der Waals surface area (Å²) in [6, 6.07) is -0.246. The lowest BCUT2D eigenvalue weighted by atomic mass is 10.0. The van der Waals surface area contributed by atoms with Gasteiger partial charge in [0, 0.05) is 19.0 Å². The van der Waals surface area contributed by atoms with Crippen LogP contribution in [-0.4, -0.2) is 30.7 Å². The van der Waals surface area contributed by atoms with Crippen molar-refractivity contribution in [2.45, 2.75) is 32.4 Å². The van der Waals surface area contributed by atoms with Crippen LogP contribution in [0.3, 0.4) is 0 Å². The predicted molar refractivity (Wildman–Crippen MR) is 57.2 cm³/mol. The normalized spacial score (nSPS) is 29.4. The van der Waals surface area contributed by atoms with E-state index in [-0.39, 0.29) is 12.0 Å². The first-order chi connectivity index (χ1) is 6.97. The molecule has 15 heavy (non-hydrogen) atoms. The Morgan fingerprint density at radius 3 is 2.87 bits per heavy atom. The van der Waals surface area contributed by atoms with Crippen molar-refractivity contribution in [3.8, 4) is 0 Å². The van der Waals surface area contributed by atoms with Crippen LogP contribution >= 0.6 is 0 Å². The topological polar surface area (TPSA) is 50.4 Å². The van der Waals surface area contributed by atoms with Gasteiger partial charge in [-0.25, -0.2) is 4.79 Å². The lowest BCUT2D eigenvalue weighted by Crippen LogP contribution is -2.38. The molecule has 0 radical (unpaired) electrons. The first kappa shape index (κ1) is 10.5. The third kappa shape index (κ3) is 2.15. The van der Waals surface area contributed by atoms with Crippen LogP contribution in [0.25, 0.3) is 0 Å². The second kappa shape index (κ2) is 3.52. The molecule has 2 unspecified atom stereocenters. The first-order valence-electron chi connectivity index (χ1n) is 5.37. The third-order valence-electron chi connectivity index (χ3n) is 2.65. The van der Waals surface area contributed by atoms with Gasteiger partial charge in [0.15, 0.2) is 0 Å². The Morgan fingerprint density at radius 2 is 2.20 bits per heavy atom. The summed E-state index contributed by atoms with van der Waals surface area (Å²) in [7, 11) is 0. The van der Waals surface area contributed by atoms with E-state index in [2.05, 4.69) is 10.6 Å². The summed E-state index contributed by atoms with van der Waals surface area (Å²) >= 11 is 0. The Bertz CT molecular complexity index is 304. The summed E-state index contributed by atoms with van der Waals surface area (Å²) < 4.78 is 5.36. The molecule has 0 aromatic carbocycles. The minimum absolute atomic E-state index is 0.167. The quantitative estimate of drug-likeness (QED) is 0.615. The summed E-state index contributed by atoms with van der Waals surface area (Å²) in [5, 5.41) is 6.36. The summed E-state index contributed by atoms with van der Waals surface area (Å²) in [5.41, 5.74) is 0.730. The molecule has 2 heterocycles. The average molecular weight is 210 g/mol. The van der Waals surface area contributed by atoms with Crippen LogP contribution in [-0.2, 0) is 9.53 Å². The van der Waals surface area contributed by atoms with Crippen molar-refractivity contribution in [2.75, 3.05) is 13.1 Å². The van der Waals surface area contributed by atoms with Gasteiger partial charge >= 0.3 is 5.97 Å². The van der Waals surface area contributed by atoms with Gasteiger partial charge in [0.1, 0.15) is 11.6 Å². The van der Waals surface area contributed by atoms with E-state index in [1.807, 2.05) is 27.0 Å². The summed E-state index contributed by atoms with van der Waals surface area (Å²) in [6.07, 6.45) is 1.94. The van der Waals surface area contributed by atoms with Crippen LogP contribution in [0.15, 0.2) is 11.8 Å². The van der Waals surface area contributed by atoms with Crippen LogP contribution < -0.4 is 10.6 Å². The number of ether oxygens (including phenoxy) is 1. The van der Waals surface area contributed by atoms with Crippen molar-refractivity contribution in [1.29, 1.82) is 0 Å². The number of nitrogens with one attached hydrogen (secondary N) is 2. The molecule has 0 aromatic rings. The first-order valence-corrected chi connectivity index (χ1v) is 5.37. The van der Waals surface area contributed by atoms with Gasteiger partial charge in [-0.15, -0.1) is 0 Å². The number of carbonyl (C=O) groups excluding carboxylic acids is 1. The monoisotopic (exact) mass is 210 g/mol. The maximum Gasteiger partial charge on any atom is 0.328 e. The molecule has 2 N–H and O–H groups in total. The van der Waals surface area contributed by atoms with Gasteiger partial charge in [-0.2, -0.15) is 0 Å². The molecule has 1 fully saturated rings. The van der Waals surface area contributed by atoms with Crippen molar-refractivity contribution < 1.29 is 9.53 Å². The zero-order valence-electron chi connectivity index (χ0n) is 9.46. The van der Waals surface area contributed by atoms with Gasteiger partial charge in [0.2, 0.25) is 0 Å². The molecular weight excluding hydrogens is 192 g/mol. The molecule has 4 heteroatoms. The molecular formula is C11H18N2O2. The van der Waals surface area contributed by atoms with Gasteiger partial charge < -0.3 is 15.4 Å². The van der Waals surface area contributed by atoms with Crippen LogP contribution in [0, 0.1) is 5.92 Å². The zero-order chi connectivity index (χ0) is 11.1. The smallest absolute Gasteiger partial charge is 0.328 e. The fraction of sp³-hybridized carbons (Fsp3) is 0.727. The molecule has 84 valence electrons. The van der Waals surface area contributed by atoms with Crippen molar-refractivity contribution in [1.82, 2.24) is 10.6 Å². The molecule has 0 aliphatic carbocycles. The Hall–Kier alpha value is -1.03. The highest BCUT2D eigenvalue weighted by atomic mass is 16.6. The molecule has 2 aliphatic heterocycles. The van der Waals surface area contributed by atoms with E-state index in [9.17, 15) is 4.79 Å². The molecule has 0 aromatic heterocycles. The molecule has 0 amide bonds. The standard InChI is InChI=1S/C11H18N2O2/c1-11(2,3)15-10(14)9-8-6-12-4-7(8)5-13-9/h6-7,9,12-13H,4-5H2,1-3H3. The van der Waals surface area contributed by atoms with Crippen LogP contribution in [0.1, 0.15) is 20.8 Å². The number of rotatable bonds is 1. The molecule has 2 aliphatic rings. The average Bonchev–Trinajstić information content (AvgIpc) is 2.57. The van der Waals surface area contributed by atoms with E-state index in [1.54, 1.807) is 0 Å². The van der Waals surface area contributed by atoms with Gasteiger partial charge in [-0.1, -0.05) is 0 Å². The minimum Gasteiger partial charge on any atom is -0.459 e. The molecule has 4 nitrogen and oxygen atoms in total. The summed E-state index contributed by atoms with van der Waals surface area (Å²) in [5.74, 6) is 0.294. The lowest BCUT2D eigenvalue weighted by molar-refractivity contribution is -0.155. The zero-order valence-corrected chi connectivity index (χ0v) is 9.46. The fourth-order valence-corrected chi connectivity index (χ4v) is 2.02. The minimum atomic E-state index is -0.413. The van der Waals surface area contributed by atoms with E-state index in [0.29, 0.717) is 5.92 Å². The van der Waals surface area contributed by atoms with Crippen molar-refractivity contribution in [2.24, 2.45) is 5.92 Å². The maximum atomic E-state index is 11.9. The van der Waals surface area contributed by atoms with E-state index in [0.717, 1.165) is 18.7 Å². The molecule has 2 rings (SSSR count). The van der Waals surface area contributed by atoms with Crippen molar-refractivity contribution in [3.63, 3.8) is 0 Å². The predicted octanol–water partition coefficient (Wildman–Crippen LogP) is 0.403. The maximum absolute atomic E-state index is 11.9. The van der Waals surface area contributed by atoms with Gasteiger partial charge in [0.25, 0.3) is 0 Å². The second-order valence-corrected chi connectivity index (χ2v) is 5.12. The van der Waals surface area contributed by atoms with E-state index in [4.69, 9.17) is 4.74 Å². The molecule has 0 saturated carbocycles. The summed E-state index contributed by atoms with van der Waals surface area (Å²) in [4.78, 5) is 11.9. The van der Waals surface area contributed by atoms with Crippen molar-refractivity contribution in [3.05, 3.63) is 11.8 Å². The van der Waals surface area contributed by atoms with Gasteiger partial charge in [-0.3, -0.25) is 0 Å². The Morgan fingerprint density at radius 1 is 1.47 bits per heavy atom.